The van der Waals surface area contributed by atoms with Gasteiger partial charge in [0, 0.05) is 26.9 Å². The van der Waals surface area contributed by atoms with Crippen LogP contribution in [0.3, 0.4) is 0 Å². The average Bonchev–Trinajstić information content (AvgIpc) is 3.19. The Kier molecular flexibility index (Phi) is 17.6. The molecule has 54 heavy (non-hydrogen) atoms. The van der Waals surface area contributed by atoms with Gasteiger partial charge < -0.3 is 19.3 Å². The maximum absolute atomic E-state index is 12.4. The molecular weight excluding hydrogens is 673 g/mol. The maximum atomic E-state index is 12.4. The molecule has 0 N–H and O–H groups in total. The Balaban J connectivity index is 1.05. The lowest BCUT2D eigenvalue weighted by Crippen LogP contribution is -2.34. The van der Waals surface area contributed by atoms with Crippen molar-refractivity contribution in [1.82, 2.24) is 9.80 Å². The van der Waals surface area contributed by atoms with Gasteiger partial charge in [-0.05, 0) is 72.2 Å². The van der Waals surface area contributed by atoms with E-state index in [1.807, 2.05) is 109 Å². The summed E-state index contributed by atoms with van der Waals surface area (Å²) in [5.41, 5.74) is 3.84. The molecule has 0 aromatic heterocycles. The van der Waals surface area contributed by atoms with Crippen molar-refractivity contribution in [3.05, 3.63) is 131 Å². The fourth-order valence-corrected chi connectivity index (χ4v) is 6.51. The Morgan fingerprint density at radius 3 is 1.17 bits per heavy atom. The van der Waals surface area contributed by atoms with Gasteiger partial charge in [0.1, 0.15) is 23.6 Å². The lowest BCUT2D eigenvalue weighted by atomic mass is 10.0. The minimum atomic E-state index is -0.641. The van der Waals surface area contributed by atoms with Crippen molar-refractivity contribution in [3.8, 4) is 23.6 Å². The van der Waals surface area contributed by atoms with Crippen LogP contribution in [0.2, 0.25) is 0 Å². The molecule has 0 aliphatic rings. The summed E-state index contributed by atoms with van der Waals surface area (Å²) in [4.78, 5) is 28.1. The van der Waals surface area contributed by atoms with Gasteiger partial charge in [0.25, 0.3) is 0 Å². The molecule has 4 aromatic carbocycles. The number of benzene rings is 4. The lowest BCUT2D eigenvalue weighted by Gasteiger charge is -2.26. The molecule has 4 rings (SSSR count). The molecule has 0 fully saturated rings. The highest BCUT2D eigenvalue weighted by Crippen LogP contribution is 2.25. The summed E-state index contributed by atoms with van der Waals surface area (Å²) in [5, 5.41) is 19.8. The Bertz CT molecular complexity index is 1630. The number of hydrogen-bond acceptors (Lipinski definition) is 6. The zero-order valence-corrected chi connectivity index (χ0v) is 31.9. The molecule has 4 aromatic rings. The van der Waals surface area contributed by atoms with E-state index in [0.29, 0.717) is 39.1 Å². The number of amides is 2. The van der Waals surface area contributed by atoms with Crippen LogP contribution in [0, 0.1) is 22.7 Å². The van der Waals surface area contributed by atoms with Crippen molar-refractivity contribution in [3.63, 3.8) is 0 Å². The summed E-state index contributed by atoms with van der Waals surface area (Å²) in [6.07, 6.45) is 10.4. The standard InChI is InChI=1S/C46H54N4O4/c1-37(51)49(31-29-39-17-11-9-12-18-39)45(35-47)41-21-25-43(26-22-41)53-33-15-7-5-3-4-6-8-16-34-54-44-27-23-42(24-28-44)46(36-48)50(38(2)52)32-30-40-19-13-10-14-20-40/h9-14,17-28,45-46H,3-8,15-16,29-34H2,1-2H3/t45-,46-/m0/s1. The molecule has 0 saturated heterocycles. The summed E-state index contributed by atoms with van der Waals surface area (Å²) in [5.74, 6) is 1.31. The van der Waals surface area contributed by atoms with E-state index >= 15 is 0 Å². The third-order valence-electron chi connectivity index (χ3n) is 9.61. The molecule has 2 atom stereocenters. The van der Waals surface area contributed by atoms with Crippen LogP contribution in [0.5, 0.6) is 11.5 Å². The van der Waals surface area contributed by atoms with Crippen LogP contribution in [0.4, 0.5) is 0 Å². The van der Waals surface area contributed by atoms with Crippen LogP contribution in [0.1, 0.15) is 99.6 Å². The summed E-state index contributed by atoms with van der Waals surface area (Å²) < 4.78 is 11.9. The molecule has 282 valence electrons. The number of carbonyl (C=O) groups is 2. The Morgan fingerprint density at radius 1 is 0.519 bits per heavy atom. The molecular formula is C46H54N4O4. The minimum Gasteiger partial charge on any atom is -0.494 e. The first-order valence-corrected chi connectivity index (χ1v) is 19.3. The number of unbranched alkanes of at least 4 members (excludes halogenated alkanes) is 7. The van der Waals surface area contributed by atoms with Gasteiger partial charge in [-0.2, -0.15) is 10.5 Å². The summed E-state index contributed by atoms with van der Waals surface area (Å²) in [6, 6.07) is 38.4. The van der Waals surface area contributed by atoms with E-state index in [9.17, 15) is 20.1 Å². The van der Waals surface area contributed by atoms with Crippen LogP contribution in [-0.4, -0.2) is 47.9 Å². The molecule has 0 radical (unpaired) electrons. The second-order valence-electron chi connectivity index (χ2n) is 13.6. The molecule has 2 amide bonds. The minimum absolute atomic E-state index is 0.118. The number of rotatable bonds is 23. The van der Waals surface area contributed by atoms with Crippen molar-refractivity contribution in [2.75, 3.05) is 26.3 Å². The summed E-state index contributed by atoms with van der Waals surface area (Å²) in [7, 11) is 0. The van der Waals surface area contributed by atoms with Gasteiger partial charge >= 0.3 is 0 Å². The fourth-order valence-electron chi connectivity index (χ4n) is 6.51. The van der Waals surface area contributed by atoms with E-state index < -0.39 is 12.1 Å². The molecule has 0 aliphatic heterocycles. The molecule has 0 heterocycles. The van der Waals surface area contributed by atoms with Gasteiger partial charge in [0.05, 0.1) is 25.4 Å². The zero-order valence-electron chi connectivity index (χ0n) is 31.9. The molecule has 0 saturated carbocycles. The SMILES string of the molecule is CC(=O)N(CCc1ccccc1)[C@@H](C#N)c1ccc(OCCCCCCCCCCOc2ccc([C@H](C#N)N(CCc3ccccc3)C(C)=O)cc2)cc1. The average molecular weight is 727 g/mol. The normalized spacial score (nSPS) is 11.8. The van der Waals surface area contributed by atoms with Crippen molar-refractivity contribution in [1.29, 1.82) is 10.5 Å². The predicted molar refractivity (Wildman–Crippen MR) is 213 cm³/mol. The number of nitrogens with zero attached hydrogens (tertiary/aromatic N) is 4. The lowest BCUT2D eigenvalue weighted by molar-refractivity contribution is -0.131. The van der Waals surface area contributed by atoms with E-state index in [-0.39, 0.29) is 11.8 Å². The van der Waals surface area contributed by atoms with Crippen molar-refractivity contribution in [2.24, 2.45) is 0 Å². The maximum Gasteiger partial charge on any atom is 0.220 e. The first-order chi connectivity index (χ1) is 26.4. The quantitative estimate of drug-likeness (QED) is 0.0705. The van der Waals surface area contributed by atoms with Crippen LogP contribution >= 0.6 is 0 Å². The highest BCUT2D eigenvalue weighted by atomic mass is 16.5. The monoisotopic (exact) mass is 726 g/mol. The predicted octanol–water partition coefficient (Wildman–Crippen LogP) is 9.58. The summed E-state index contributed by atoms with van der Waals surface area (Å²) >= 11 is 0. The zero-order chi connectivity index (χ0) is 38.4. The van der Waals surface area contributed by atoms with Crippen molar-refractivity contribution >= 4 is 11.8 Å². The van der Waals surface area contributed by atoms with E-state index in [1.165, 1.54) is 39.5 Å². The van der Waals surface area contributed by atoms with Crippen LogP contribution < -0.4 is 9.47 Å². The van der Waals surface area contributed by atoms with Crippen LogP contribution in [-0.2, 0) is 22.4 Å². The van der Waals surface area contributed by atoms with Gasteiger partial charge in [-0.1, -0.05) is 123 Å². The van der Waals surface area contributed by atoms with E-state index in [4.69, 9.17) is 9.47 Å². The highest BCUT2D eigenvalue weighted by molar-refractivity contribution is 5.75. The van der Waals surface area contributed by atoms with Crippen molar-refractivity contribution < 1.29 is 19.1 Å². The number of nitriles is 2. The molecule has 8 nitrogen and oxygen atoms in total. The summed E-state index contributed by atoms with van der Waals surface area (Å²) in [6.45, 7) is 5.28. The molecule has 0 aliphatic carbocycles. The van der Waals surface area contributed by atoms with Gasteiger partial charge in [-0.15, -0.1) is 0 Å². The fraction of sp³-hybridized carbons (Fsp3) is 0.391. The largest absolute Gasteiger partial charge is 0.494 e. The molecule has 8 heteroatoms. The van der Waals surface area contributed by atoms with Gasteiger partial charge in [0.15, 0.2) is 0 Å². The smallest absolute Gasteiger partial charge is 0.220 e. The second kappa shape index (κ2) is 23.1. The van der Waals surface area contributed by atoms with Crippen molar-refractivity contribution in [2.45, 2.75) is 90.1 Å². The third kappa shape index (κ3) is 13.7. The van der Waals surface area contributed by atoms with Crippen LogP contribution in [0.15, 0.2) is 109 Å². The first kappa shape index (κ1) is 41.2. The van der Waals surface area contributed by atoms with E-state index in [2.05, 4.69) is 12.1 Å². The molecule has 0 unspecified atom stereocenters. The Morgan fingerprint density at radius 2 is 0.852 bits per heavy atom. The molecule has 0 bridgehead atoms. The number of hydrogen-bond donors (Lipinski definition) is 0. The topological polar surface area (TPSA) is 107 Å². The number of carbonyl (C=O) groups excluding carboxylic acids is 2. The first-order valence-electron chi connectivity index (χ1n) is 19.3. The highest BCUT2D eigenvalue weighted by Gasteiger charge is 2.23. The molecule has 0 spiro atoms. The second-order valence-corrected chi connectivity index (χ2v) is 13.6. The third-order valence-corrected chi connectivity index (χ3v) is 9.61. The van der Waals surface area contributed by atoms with E-state index in [0.717, 1.165) is 59.4 Å². The Labute approximate surface area is 321 Å². The van der Waals surface area contributed by atoms with E-state index in [1.54, 1.807) is 9.80 Å². The Hall–Kier alpha value is -5.60. The number of ether oxygens (including phenoxy) is 2. The van der Waals surface area contributed by atoms with Gasteiger partial charge in [-0.3, -0.25) is 9.59 Å². The van der Waals surface area contributed by atoms with Crippen LogP contribution in [0.25, 0.3) is 0 Å². The van der Waals surface area contributed by atoms with Gasteiger partial charge in [-0.25, -0.2) is 0 Å². The van der Waals surface area contributed by atoms with Gasteiger partial charge in [0.2, 0.25) is 11.8 Å².